The van der Waals surface area contributed by atoms with Crippen molar-refractivity contribution in [1.29, 1.82) is 0 Å². The van der Waals surface area contributed by atoms with Crippen LogP contribution in [0.5, 0.6) is 5.75 Å². The molecule has 0 saturated carbocycles. The van der Waals surface area contributed by atoms with Crippen LogP contribution in [0.3, 0.4) is 0 Å². The first kappa shape index (κ1) is 12.4. The number of ether oxygens (including phenoxy) is 2. The number of hydrogen-bond donors (Lipinski definition) is 0. The zero-order chi connectivity index (χ0) is 13.4. The fraction of sp³-hybridized carbons (Fsp3) is 0.500. The second-order valence-electron chi connectivity index (χ2n) is 4.95. The number of benzene rings is 1. The average Bonchev–Trinajstić information content (AvgIpc) is 3.01. The number of fused-ring (bicyclic) bond motifs is 1. The van der Waals surface area contributed by atoms with Crippen LogP contribution < -0.4 is 4.74 Å². The number of rotatable bonds is 3. The van der Waals surface area contributed by atoms with Crippen LogP contribution in [0, 0.1) is 5.92 Å². The minimum atomic E-state index is -0.467. The maximum absolute atomic E-state index is 12.9. The molecule has 0 radical (unpaired) electrons. The molecule has 4 nitrogen and oxygen atoms in total. The summed E-state index contributed by atoms with van der Waals surface area (Å²) >= 11 is 0. The highest BCUT2D eigenvalue weighted by molar-refractivity contribution is 5.80. The minimum Gasteiger partial charge on any atom is -0.497 e. The van der Waals surface area contributed by atoms with E-state index in [4.69, 9.17) is 9.47 Å². The first-order chi connectivity index (χ1) is 9.24. The zero-order valence-corrected chi connectivity index (χ0v) is 10.7. The van der Waals surface area contributed by atoms with Gasteiger partial charge in [-0.25, -0.2) is 0 Å². The van der Waals surface area contributed by atoms with Gasteiger partial charge in [0.2, 0.25) is 5.91 Å². The second kappa shape index (κ2) is 4.81. The predicted octanol–water partition coefficient (Wildman–Crippen LogP) is 1.91. The van der Waals surface area contributed by atoms with Gasteiger partial charge in [0.15, 0.2) is 6.23 Å². The number of carbonyl (C=O) groups excluding carboxylic acids is 1. The number of methoxy groups -OCH3 is 1. The van der Waals surface area contributed by atoms with E-state index in [1.54, 1.807) is 12.0 Å². The van der Waals surface area contributed by atoms with Crippen molar-refractivity contribution < 1.29 is 18.7 Å². The molecule has 3 atom stereocenters. The van der Waals surface area contributed by atoms with E-state index in [0.717, 1.165) is 11.3 Å². The topological polar surface area (TPSA) is 38.8 Å². The lowest BCUT2D eigenvalue weighted by atomic mass is 10.0. The van der Waals surface area contributed by atoms with Crippen LogP contribution in [0.4, 0.5) is 4.39 Å². The number of alkyl halides is 1. The van der Waals surface area contributed by atoms with Crippen LogP contribution in [0.25, 0.3) is 0 Å². The summed E-state index contributed by atoms with van der Waals surface area (Å²) in [6.45, 7) is -0.0530. The van der Waals surface area contributed by atoms with Gasteiger partial charge in [0.05, 0.1) is 26.4 Å². The molecule has 0 spiro atoms. The Hall–Kier alpha value is -1.62. The Morgan fingerprint density at radius 3 is 2.79 bits per heavy atom. The lowest BCUT2D eigenvalue weighted by Crippen LogP contribution is -2.33. The summed E-state index contributed by atoms with van der Waals surface area (Å²) in [5, 5.41) is 0. The molecule has 2 fully saturated rings. The van der Waals surface area contributed by atoms with Crippen LogP contribution in [0.2, 0.25) is 0 Å². The van der Waals surface area contributed by atoms with E-state index in [1.165, 1.54) is 0 Å². The molecular formula is C14H16FNO3. The van der Waals surface area contributed by atoms with Gasteiger partial charge in [-0.15, -0.1) is 0 Å². The number of carbonyl (C=O) groups is 1. The Labute approximate surface area is 111 Å². The predicted molar refractivity (Wildman–Crippen MR) is 66.4 cm³/mol. The van der Waals surface area contributed by atoms with Gasteiger partial charge < -0.3 is 14.4 Å². The second-order valence-corrected chi connectivity index (χ2v) is 4.95. The van der Waals surface area contributed by atoms with E-state index in [9.17, 15) is 9.18 Å². The molecule has 1 aromatic carbocycles. The van der Waals surface area contributed by atoms with E-state index < -0.39 is 6.67 Å². The molecule has 0 bridgehead atoms. The molecular weight excluding hydrogens is 249 g/mol. The standard InChI is InChI=1S/C14H16FNO3/c1-18-11-4-2-9(3-5-11)14-16-12(8-19-14)10(7-15)6-13(16)17/h2-5,10,12,14H,6-8H2,1H3/t10-,12-,14-/m1/s1. The van der Waals surface area contributed by atoms with Gasteiger partial charge in [-0.05, 0) is 12.1 Å². The molecule has 102 valence electrons. The number of halogens is 1. The molecule has 19 heavy (non-hydrogen) atoms. The van der Waals surface area contributed by atoms with Crippen LogP contribution in [0.1, 0.15) is 18.2 Å². The molecule has 1 aromatic rings. The maximum Gasteiger partial charge on any atom is 0.225 e. The minimum absolute atomic E-state index is 0.0223. The van der Waals surface area contributed by atoms with Crippen molar-refractivity contribution in [1.82, 2.24) is 4.90 Å². The van der Waals surface area contributed by atoms with Gasteiger partial charge >= 0.3 is 0 Å². The molecule has 2 saturated heterocycles. The normalized spacial score (nSPS) is 29.7. The summed E-state index contributed by atoms with van der Waals surface area (Å²) in [5.74, 6) is 0.509. The molecule has 0 aromatic heterocycles. The highest BCUT2D eigenvalue weighted by Gasteiger charge is 2.48. The van der Waals surface area contributed by atoms with Crippen molar-refractivity contribution in [3.05, 3.63) is 29.8 Å². The quantitative estimate of drug-likeness (QED) is 0.838. The lowest BCUT2D eigenvalue weighted by Gasteiger charge is -2.23. The van der Waals surface area contributed by atoms with Gasteiger partial charge in [0.25, 0.3) is 0 Å². The largest absolute Gasteiger partial charge is 0.497 e. The zero-order valence-electron chi connectivity index (χ0n) is 10.7. The summed E-state index contributed by atoms with van der Waals surface area (Å²) in [4.78, 5) is 13.7. The van der Waals surface area contributed by atoms with Crippen molar-refractivity contribution in [2.45, 2.75) is 18.7 Å². The molecule has 1 amide bonds. The van der Waals surface area contributed by atoms with E-state index >= 15 is 0 Å². The van der Waals surface area contributed by atoms with E-state index in [2.05, 4.69) is 0 Å². The Bertz CT molecular complexity index is 476. The van der Waals surface area contributed by atoms with Crippen molar-refractivity contribution >= 4 is 5.91 Å². The van der Waals surface area contributed by atoms with Crippen LogP contribution in [0.15, 0.2) is 24.3 Å². The average molecular weight is 265 g/mol. The highest BCUT2D eigenvalue weighted by atomic mass is 19.1. The Kier molecular flexibility index (Phi) is 3.14. The molecule has 0 N–H and O–H groups in total. The molecule has 5 heteroatoms. The Balaban J connectivity index is 1.84. The summed E-state index contributed by atoms with van der Waals surface area (Å²) in [6, 6.07) is 7.30. The molecule has 0 aliphatic carbocycles. The summed E-state index contributed by atoms with van der Waals surface area (Å²) in [6.07, 6.45) is -0.100. The molecule has 2 heterocycles. The number of nitrogens with zero attached hydrogens (tertiary/aromatic N) is 1. The van der Waals surface area contributed by atoms with E-state index in [0.29, 0.717) is 6.61 Å². The number of hydrogen-bond acceptors (Lipinski definition) is 3. The van der Waals surface area contributed by atoms with Crippen molar-refractivity contribution in [3.63, 3.8) is 0 Å². The van der Waals surface area contributed by atoms with Gasteiger partial charge in [-0.1, -0.05) is 12.1 Å². The molecule has 2 aliphatic heterocycles. The smallest absolute Gasteiger partial charge is 0.225 e. The van der Waals surface area contributed by atoms with Crippen LogP contribution in [-0.2, 0) is 9.53 Å². The third-order valence-corrected chi connectivity index (χ3v) is 3.90. The molecule has 0 unspecified atom stereocenters. The SMILES string of the molecule is COc1ccc([C@H]2OC[C@@H]3[C@@H](CF)CC(=O)N23)cc1. The highest BCUT2D eigenvalue weighted by Crippen LogP contribution is 2.40. The fourth-order valence-electron chi connectivity index (χ4n) is 2.85. The van der Waals surface area contributed by atoms with Crippen LogP contribution in [-0.4, -0.2) is 37.2 Å². The van der Waals surface area contributed by atoms with E-state index in [1.807, 2.05) is 24.3 Å². The first-order valence-electron chi connectivity index (χ1n) is 6.37. The lowest BCUT2D eigenvalue weighted by molar-refractivity contribution is -0.134. The first-order valence-corrected chi connectivity index (χ1v) is 6.37. The van der Waals surface area contributed by atoms with Crippen molar-refractivity contribution in [3.8, 4) is 5.75 Å². The van der Waals surface area contributed by atoms with Gasteiger partial charge in [0, 0.05) is 17.9 Å². The van der Waals surface area contributed by atoms with Crippen LogP contribution >= 0.6 is 0 Å². The summed E-state index contributed by atoms with van der Waals surface area (Å²) in [7, 11) is 1.60. The van der Waals surface area contributed by atoms with Gasteiger partial charge in [0.1, 0.15) is 5.75 Å². The summed E-state index contributed by atoms with van der Waals surface area (Å²) < 4.78 is 23.7. The third kappa shape index (κ3) is 1.98. The summed E-state index contributed by atoms with van der Waals surface area (Å²) in [5.41, 5.74) is 0.899. The number of amides is 1. The van der Waals surface area contributed by atoms with Crippen molar-refractivity contribution in [2.75, 3.05) is 20.4 Å². The third-order valence-electron chi connectivity index (χ3n) is 3.90. The van der Waals surface area contributed by atoms with Gasteiger partial charge in [-0.2, -0.15) is 0 Å². The monoisotopic (exact) mass is 265 g/mol. The molecule has 3 rings (SSSR count). The van der Waals surface area contributed by atoms with Gasteiger partial charge in [-0.3, -0.25) is 9.18 Å². The maximum atomic E-state index is 12.9. The Morgan fingerprint density at radius 1 is 1.42 bits per heavy atom. The molecule has 2 aliphatic rings. The van der Waals surface area contributed by atoms with E-state index in [-0.39, 0.29) is 30.5 Å². The fourth-order valence-corrected chi connectivity index (χ4v) is 2.85. The van der Waals surface area contributed by atoms with Crippen molar-refractivity contribution in [2.24, 2.45) is 5.92 Å². The Morgan fingerprint density at radius 2 is 2.16 bits per heavy atom.